The molecule has 0 atom stereocenters. The van der Waals surface area contributed by atoms with Crippen molar-refractivity contribution in [2.24, 2.45) is 10.7 Å². The van der Waals surface area contributed by atoms with Crippen LogP contribution in [0.4, 0.5) is 11.6 Å². The lowest BCUT2D eigenvalue weighted by atomic mass is 10.1. The van der Waals surface area contributed by atoms with Crippen LogP contribution in [0.1, 0.15) is 18.9 Å². The molecule has 2 heterocycles. The second-order valence-corrected chi connectivity index (χ2v) is 6.68. The fraction of sp³-hybridized carbons (Fsp3) is 0.450. The number of rotatable bonds is 7. The molecule has 0 unspecified atom stereocenters. The number of aliphatic imine (C=N–C) groups is 1. The summed E-state index contributed by atoms with van der Waals surface area (Å²) in [6.45, 7) is 7.89. The molecule has 1 aromatic heterocycles. The zero-order valence-corrected chi connectivity index (χ0v) is 16.0. The van der Waals surface area contributed by atoms with Gasteiger partial charge in [0.2, 0.25) is 5.95 Å². The lowest BCUT2D eigenvalue weighted by Crippen LogP contribution is -2.47. The third kappa shape index (κ3) is 5.92. The van der Waals surface area contributed by atoms with Gasteiger partial charge in [0.1, 0.15) is 0 Å². The van der Waals surface area contributed by atoms with Crippen molar-refractivity contribution < 1.29 is 0 Å². The average molecular weight is 368 g/mol. The number of nitrogens with zero attached hydrogens (tertiary/aromatic N) is 5. The van der Waals surface area contributed by atoms with Gasteiger partial charge in [-0.05, 0) is 36.6 Å². The highest BCUT2D eigenvalue weighted by Crippen LogP contribution is 2.11. The standard InChI is InChI=1S/C20H29N7/c1-2-17-6-3-7-18(16-17)25-19(21)22-10-5-11-26-12-14-27(15-13-26)20-23-8-4-9-24-20/h3-4,6-9,16H,2,5,10-15H2,1H3,(H3,21,22,25). The highest BCUT2D eigenvalue weighted by atomic mass is 15.3. The number of guanidine groups is 1. The third-order valence-electron chi connectivity index (χ3n) is 4.73. The first-order chi connectivity index (χ1) is 13.2. The maximum atomic E-state index is 6.00. The van der Waals surface area contributed by atoms with E-state index in [9.17, 15) is 0 Å². The molecule has 1 saturated heterocycles. The number of aromatic nitrogens is 2. The number of benzene rings is 1. The van der Waals surface area contributed by atoms with Crippen LogP contribution in [-0.4, -0.2) is 60.1 Å². The SMILES string of the molecule is CCc1cccc(NC(N)=NCCCN2CCN(c3ncccn3)CC2)c1. The molecule has 27 heavy (non-hydrogen) atoms. The summed E-state index contributed by atoms with van der Waals surface area (Å²) in [6, 6.07) is 10.1. The first-order valence-electron chi connectivity index (χ1n) is 9.65. The highest BCUT2D eigenvalue weighted by molar-refractivity contribution is 5.92. The molecule has 7 nitrogen and oxygen atoms in total. The van der Waals surface area contributed by atoms with Crippen LogP contribution in [0.2, 0.25) is 0 Å². The second kappa shape index (κ2) is 9.87. The number of hydrogen-bond acceptors (Lipinski definition) is 5. The second-order valence-electron chi connectivity index (χ2n) is 6.68. The minimum absolute atomic E-state index is 0.481. The van der Waals surface area contributed by atoms with E-state index in [-0.39, 0.29) is 0 Å². The number of nitrogens with one attached hydrogen (secondary N) is 1. The predicted octanol–water partition coefficient (Wildman–Crippen LogP) is 1.98. The number of piperazine rings is 1. The Bertz CT molecular complexity index is 724. The summed E-state index contributed by atoms with van der Waals surface area (Å²) >= 11 is 0. The first-order valence-corrected chi connectivity index (χ1v) is 9.65. The number of anilines is 2. The topological polar surface area (TPSA) is 82.7 Å². The van der Waals surface area contributed by atoms with Crippen LogP contribution in [-0.2, 0) is 6.42 Å². The van der Waals surface area contributed by atoms with Crippen LogP contribution in [0.3, 0.4) is 0 Å². The van der Waals surface area contributed by atoms with Crippen LogP contribution < -0.4 is 16.0 Å². The van der Waals surface area contributed by atoms with E-state index in [1.165, 1.54) is 5.56 Å². The fourth-order valence-corrected chi connectivity index (χ4v) is 3.18. The molecule has 1 aromatic carbocycles. The van der Waals surface area contributed by atoms with Gasteiger partial charge in [0.05, 0.1) is 0 Å². The Kier molecular flexibility index (Phi) is 6.98. The Balaban J connectivity index is 1.36. The van der Waals surface area contributed by atoms with E-state index in [0.29, 0.717) is 5.96 Å². The largest absolute Gasteiger partial charge is 0.370 e. The van der Waals surface area contributed by atoms with Crippen LogP contribution in [0.25, 0.3) is 0 Å². The Morgan fingerprint density at radius 2 is 1.93 bits per heavy atom. The van der Waals surface area contributed by atoms with Crippen molar-refractivity contribution in [3.8, 4) is 0 Å². The smallest absolute Gasteiger partial charge is 0.225 e. The minimum Gasteiger partial charge on any atom is -0.370 e. The average Bonchev–Trinajstić information content (AvgIpc) is 2.72. The molecule has 0 bridgehead atoms. The number of hydrogen-bond donors (Lipinski definition) is 2. The van der Waals surface area contributed by atoms with Crippen LogP contribution in [0.15, 0.2) is 47.7 Å². The van der Waals surface area contributed by atoms with E-state index >= 15 is 0 Å². The fourth-order valence-electron chi connectivity index (χ4n) is 3.18. The van der Waals surface area contributed by atoms with Crippen molar-refractivity contribution in [2.75, 3.05) is 49.5 Å². The van der Waals surface area contributed by atoms with Gasteiger partial charge >= 0.3 is 0 Å². The lowest BCUT2D eigenvalue weighted by Gasteiger charge is -2.34. The molecule has 2 aromatic rings. The molecular formula is C20H29N7. The summed E-state index contributed by atoms with van der Waals surface area (Å²) < 4.78 is 0. The Labute approximate surface area is 161 Å². The van der Waals surface area contributed by atoms with Gasteiger partial charge in [0.15, 0.2) is 5.96 Å². The summed E-state index contributed by atoms with van der Waals surface area (Å²) in [5.41, 5.74) is 8.28. The van der Waals surface area contributed by atoms with Gasteiger partial charge in [0.25, 0.3) is 0 Å². The van der Waals surface area contributed by atoms with Crippen molar-refractivity contribution in [1.82, 2.24) is 14.9 Å². The summed E-state index contributed by atoms with van der Waals surface area (Å²) in [5.74, 6) is 1.31. The van der Waals surface area contributed by atoms with E-state index in [1.807, 2.05) is 18.2 Å². The van der Waals surface area contributed by atoms with Gasteiger partial charge in [-0.3, -0.25) is 9.89 Å². The van der Waals surface area contributed by atoms with E-state index in [4.69, 9.17) is 5.73 Å². The highest BCUT2D eigenvalue weighted by Gasteiger charge is 2.17. The summed E-state index contributed by atoms with van der Waals surface area (Å²) in [4.78, 5) is 17.8. The lowest BCUT2D eigenvalue weighted by molar-refractivity contribution is 0.255. The van der Waals surface area contributed by atoms with E-state index < -0.39 is 0 Å². The Hall–Kier alpha value is -2.67. The summed E-state index contributed by atoms with van der Waals surface area (Å²) in [5, 5.41) is 3.17. The predicted molar refractivity (Wildman–Crippen MR) is 111 cm³/mol. The van der Waals surface area contributed by atoms with E-state index in [1.54, 1.807) is 12.4 Å². The molecule has 144 valence electrons. The molecule has 0 radical (unpaired) electrons. The van der Waals surface area contributed by atoms with E-state index in [2.05, 4.69) is 49.1 Å². The Morgan fingerprint density at radius 3 is 2.67 bits per heavy atom. The minimum atomic E-state index is 0.481. The maximum Gasteiger partial charge on any atom is 0.225 e. The maximum absolute atomic E-state index is 6.00. The molecule has 7 heteroatoms. The van der Waals surface area contributed by atoms with Gasteiger partial charge in [-0.15, -0.1) is 0 Å². The molecule has 1 aliphatic rings. The van der Waals surface area contributed by atoms with Crippen LogP contribution in [0, 0.1) is 0 Å². The number of nitrogens with two attached hydrogens (primary N) is 1. The molecule has 3 N–H and O–H groups in total. The molecule has 0 spiro atoms. The van der Waals surface area contributed by atoms with Crippen LogP contribution >= 0.6 is 0 Å². The van der Waals surface area contributed by atoms with E-state index in [0.717, 1.165) is 63.7 Å². The molecule has 3 rings (SSSR count). The summed E-state index contributed by atoms with van der Waals surface area (Å²) in [7, 11) is 0. The molecule has 1 fully saturated rings. The summed E-state index contributed by atoms with van der Waals surface area (Å²) in [6.07, 6.45) is 5.60. The van der Waals surface area contributed by atoms with Crippen molar-refractivity contribution in [3.05, 3.63) is 48.3 Å². The van der Waals surface area contributed by atoms with Crippen LogP contribution in [0.5, 0.6) is 0 Å². The molecule has 0 amide bonds. The third-order valence-corrected chi connectivity index (χ3v) is 4.73. The van der Waals surface area contributed by atoms with Gasteiger partial charge in [-0.25, -0.2) is 9.97 Å². The number of aryl methyl sites for hydroxylation is 1. The molecular weight excluding hydrogens is 338 g/mol. The Morgan fingerprint density at radius 1 is 1.15 bits per heavy atom. The van der Waals surface area contributed by atoms with Gasteiger partial charge in [-0.1, -0.05) is 19.1 Å². The van der Waals surface area contributed by atoms with Crippen molar-refractivity contribution in [3.63, 3.8) is 0 Å². The normalized spacial score (nSPS) is 15.7. The monoisotopic (exact) mass is 367 g/mol. The zero-order valence-electron chi connectivity index (χ0n) is 16.0. The van der Waals surface area contributed by atoms with Gasteiger partial charge < -0.3 is 16.0 Å². The first kappa shape index (κ1) is 19.1. The molecule has 1 aliphatic heterocycles. The van der Waals surface area contributed by atoms with Gasteiger partial charge in [-0.2, -0.15) is 0 Å². The molecule has 0 aliphatic carbocycles. The van der Waals surface area contributed by atoms with Crippen molar-refractivity contribution in [2.45, 2.75) is 19.8 Å². The van der Waals surface area contributed by atoms with Crippen molar-refractivity contribution >= 4 is 17.6 Å². The molecule has 0 saturated carbocycles. The quantitative estimate of drug-likeness (QED) is 0.442. The van der Waals surface area contributed by atoms with Crippen molar-refractivity contribution in [1.29, 1.82) is 0 Å². The van der Waals surface area contributed by atoms with Gasteiger partial charge in [0, 0.05) is 57.3 Å². The zero-order chi connectivity index (χ0) is 18.9.